The lowest BCUT2D eigenvalue weighted by molar-refractivity contribution is 0.00578. The molecule has 0 bridgehead atoms. The lowest BCUT2D eigenvalue weighted by atomic mass is 9.74. The van der Waals surface area contributed by atoms with Gasteiger partial charge in [-0.15, -0.1) is 5.54 Å². The number of carbonyl (C=O) groups is 1. The Morgan fingerprint density at radius 2 is 1.49 bits per heavy atom. The molecule has 0 atom stereocenters. The van der Waals surface area contributed by atoms with E-state index in [0.29, 0.717) is 22.3 Å². The third kappa shape index (κ3) is 6.40. The lowest BCUT2D eigenvalue weighted by Crippen LogP contribution is -2.43. The molecule has 0 aliphatic carbocycles. The molecule has 1 N–H and O–H groups in total. The van der Waals surface area contributed by atoms with Crippen LogP contribution in [0.1, 0.15) is 95.6 Å². The van der Waals surface area contributed by atoms with Crippen LogP contribution in [0.2, 0.25) is 16.6 Å². The molecule has 3 rings (SSSR count). The fourth-order valence-electron chi connectivity index (χ4n) is 5.82. The minimum absolute atomic E-state index is 0.501. The Morgan fingerprint density at radius 3 is 1.97 bits per heavy atom. The van der Waals surface area contributed by atoms with Crippen LogP contribution < -0.4 is 10.8 Å². The van der Waals surface area contributed by atoms with Gasteiger partial charge in [-0.1, -0.05) is 59.6 Å². The van der Waals surface area contributed by atoms with Crippen molar-refractivity contribution >= 4 is 43.2 Å². The maximum atomic E-state index is 12.7. The molecule has 1 amide bonds. The number of amides is 1. The summed E-state index contributed by atoms with van der Waals surface area (Å²) in [4.78, 5) is 12.7. The Morgan fingerprint density at radius 1 is 0.949 bits per heavy atom. The van der Waals surface area contributed by atoms with E-state index in [2.05, 4.69) is 64.4 Å². The zero-order valence-corrected chi connectivity index (χ0v) is 27.3. The minimum atomic E-state index is -1.95. The number of fused-ring (bicyclic) bond motifs is 1. The molecule has 1 saturated heterocycles. The SMILES string of the molecule is CC(C)[Si](C#Cc1cccc2cc(NC(=O)OC(C)(C)C)cc(B3OC(C)(C)C(C)(C)O3)c12)(C(C)C)C(C)C. The predicted molar refractivity (Wildman–Crippen MR) is 167 cm³/mol. The molecule has 39 heavy (non-hydrogen) atoms. The van der Waals surface area contributed by atoms with Gasteiger partial charge in [-0.05, 0) is 99.5 Å². The number of nitrogens with one attached hydrogen (secondary N) is 1. The molecule has 212 valence electrons. The van der Waals surface area contributed by atoms with Crippen molar-refractivity contribution in [2.24, 2.45) is 0 Å². The molecule has 5 nitrogen and oxygen atoms in total. The van der Waals surface area contributed by atoms with E-state index in [1.807, 2.05) is 72.7 Å². The highest BCUT2D eigenvalue weighted by atomic mass is 28.3. The molecule has 1 heterocycles. The Kier molecular flexibility index (Phi) is 8.78. The van der Waals surface area contributed by atoms with Gasteiger partial charge in [-0.25, -0.2) is 4.79 Å². The van der Waals surface area contributed by atoms with Gasteiger partial charge >= 0.3 is 13.2 Å². The standard InChI is InChI=1S/C32H48BNO4Si/c1-21(2)39(22(3)4,23(5)6)18-17-24-15-14-16-25-19-26(34-29(35)36-30(7,8)9)20-27(28(24)25)33-37-31(10,11)32(12,13)38-33/h14-16,19-23H,1-13H3,(H,34,35). The maximum Gasteiger partial charge on any atom is 0.495 e. The molecule has 2 aromatic rings. The molecule has 7 heteroatoms. The highest BCUT2D eigenvalue weighted by molar-refractivity contribution is 6.90. The van der Waals surface area contributed by atoms with Gasteiger partial charge in [0.05, 0.1) is 11.2 Å². The van der Waals surface area contributed by atoms with Crippen LogP contribution in [0.5, 0.6) is 0 Å². The highest BCUT2D eigenvalue weighted by Gasteiger charge is 2.52. The van der Waals surface area contributed by atoms with Gasteiger partial charge in [0.2, 0.25) is 0 Å². The number of benzene rings is 2. The van der Waals surface area contributed by atoms with Crippen molar-refractivity contribution in [1.29, 1.82) is 0 Å². The van der Waals surface area contributed by atoms with Gasteiger partial charge in [0.25, 0.3) is 0 Å². The third-order valence-electron chi connectivity index (χ3n) is 8.44. The zero-order valence-electron chi connectivity index (χ0n) is 26.3. The van der Waals surface area contributed by atoms with E-state index in [9.17, 15) is 4.79 Å². The summed E-state index contributed by atoms with van der Waals surface area (Å²) in [5, 5.41) is 4.88. The van der Waals surface area contributed by atoms with Crippen molar-refractivity contribution in [3.63, 3.8) is 0 Å². The Balaban J connectivity index is 2.24. The number of anilines is 1. The molecular weight excluding hydrogens is 501 g/mol. The molecule has 0 saturated carbocycles. The molecule has 0 unspecified atom stereocenters. The van der Waals surface area contributed by atoms with Gasteiger partial charge in [-0.3, -0.25) is 5.32 Å². The second kappa shape index (κ2) is 11.0. The first kappa shape index (κ1) is 31.3. The number of hydrogen-bond donors (Lipinski definition) is 1. The van der Waals surface area contributed by atoms with Crippen LogP contribution in [0, 0.1) is 11.5 Å². The van der Waals surface area contributed by atoms with Crippen LogP contribution in [0.4, 0.5) is 10.5 Å². The van der Waals surface area contributed by atoms with E-state index in [1.54, 1.807) is 0 Å². The summed E-state index contributed by atoms with van der Waals surface area (Å²) in [7, 11) is -2.55. The van der Waals surface area contributed by atoms with Crippen molar-refractivity contribution in [1.82, 2.24) is 0 Å². The van der Waals surface area contributed by atoms with Crippen LogP contribution >= 0.6 is 0 Å². The number of carbonyl (C=O) groups excluding carboxylic acids is 1. The van der Waals surface area contributed by atoms with Gasteiger partial charge in [-0.2, -0.15) is 0 Å². The summed E-state index contributed by atoms with van der Waals surface area (Å²) in [6.07, 6.45) is -0.501. The number of hydrogen-bond acceptors (Lipinski definition) is 4. The lowest BCUT2D eigenvalue weighted by Gasteiger charge is -2.38. The minimum Gasteiger partial charge on any atom is -0.444 e. The summed E-state index contributed by atoms with van der Waals surface area (Å²) in [6, 6.07) is 10.1. The van der Waals surface area contributed by atoms with Crippen LogP contribution in [-0.4, -0.2) is 38.1 Å². The van der Waals surface area contributed by atoms with Crippen LogP contribution in [0.15, 0.2) is 30.3 Å². The summed E-state index contributed by atoms with van der Waals surface area (Å²) in [5.74, 6) is 3.66. The normalized spacial score (nSPS) is 17.1. The fourth-order valence-corrected chi connectivity index (χ4v) is 11.0. The zero-order chi connectivity index (χ0) is 29.6. The first-order valence-corrected chi connectivity index (χ1v) is 16.5. The van der Waals surface area contributed by atoms with Crippen LogP contribution in [-0.2, 0) is 14.0 Å². The molecule has 0 aromatic heterocycles. The van der Waals surface area contributed by atoms with Gasteiger partial charge < -0.3 is 14.0 Å². The average Bonchev–Trinajstić information content (AvgIpc) is 2.98. The third-order valence-corrected chi connectivity index (χ3v) is 14.7. The second-order valence-electron chi connectivity index (χ2n) is 13.8. The van der Waals surface area contributed by atoms with E-state index in [0.717, 1.165) is 21.8 Å². The van der Waals surface area contributed by atoms with Gasteiger partial charge in [0.1, 0.15) is 13.7 Å². The first-order chi connectivity index (χ1) is 17.8. The summed E-state index contributed by atoms with van der Waals surface area (Å²) in [5.41, 5.74) is 6.31. The van der Waals surface area contributed by atoms with E-state index in [-0.39, 0.29) is 0 Å². The van der Waals surface area contributed by atoms with E-state index in [1.165, 1.54) is 0 Å². The Hall–Kier alpha value is -2.27. The topological polar surface area (TPSA) is 56.8 Å². The number of rotatable bonds is 5. The highest BCUT2D eigenvalue weighted by Crippen LogP contribution is 2.41. The van der Waals surface area contributed by atoms with Gasteiger partial charge in [0.15, 0.2) is 0 Å². The summed E-state index contributed by atoms with van der Waals surface area (Å²) in [6.45, 7) is 27.7. The molecule has 1 fully saturated rings. The van der Waals surface area contributed by atoms with Crippen molar-refractivity contribution < 1.29 is 18.8 Å². The van der Waals surface area contributed by atoms with Crippen LogP contribution in [0.25, 0.3) is 10.8 Å². The smallest absolute Gasteiger partial charge is 0.444 e. The molecule has 0 spiro atoms. The van der Waals surface area contributed by atoms with Crippen molar-refractivity contribution in [3.8, 4) is 11.5 Å². The second-order valence-corrected chi connectivity index (χ2v) is 19.4. The molecule has 2 aromatic carbocycles. The largest absolute Gasteiger partial charge is 0.495 e. The fraction of sp³-hybridized carbons (Fsp3) is 0.594. The number of ether oxygens (including phenoxy) is 1. The predicted octanol–water partition coefficient (Wildman–Crippen LogP) is 8.06. The summed E-state index contributed by atoms with van der Waals surface area (Å²) >= 11 is 0. The maximum absolute atomic E-state index is 12.7. The van der Waals surface area contributed by atoms with E-state index < -0.39 is 38.1 Å². The molecule has 0 radical (unpaired) electrons. The van der Waals surface area contributed by atoms with Crippen molar-refractivity contribution in [2.45, 2.75) is 123 Å². The summed E-state index contributed by atoms with van der Waals surface area (Å²) < 4.78 is 18.5. The average molecular weight is 550 g/mol. The van der Waals surface area contributed by atoms with Gasteiger partial charge in [0, 0.05) is 11.3 Å². The quantitative estimate of drug-likeness (QED) is 0.303. The van der Waals surface area contributed by atoms with Crippen LogP contribution in [0.3, 0.4) is 0 Å². The molecule has 1 aliphatic heterocycles. The molecular formula is C32H48BNO4Si. The monoisotopic (exact) mass is 549 g/mol. The Bertz CT molecular complexity index is 1240. The van der Waals surface area contributed by atoms with Crippen molar-refractivity contribution in [3.05, 3.63) is 35.9 Å². The Labute approximate surface area is 237 Å². The van der Waals surface area contributed by atoms with E-state index in [4.69, 9.17) is 14.0 Å². The molecule has 1 aliphatic rings. The van der Waals surface area contributed by atoms with E-state index >= 15 is 0 Å². The van der Waals surface area contributed by atoms with Crippen molar-refractivity contribution in [2.75, 3.05) is 5.32 Å². The first-order valence-electron chi connectivity index (χ1n) is 14.3.